The molecule has 0 saturated heterocycles. The minimum absolute atomic E-state index is 0.492. The highest BCUT2D eigenvalue weighted by atomic mass is 79.9. The van der Waals surface area contributed by atoms with Crippen molar-refractivity contribution in [3.05, 3.63) is 57.0 Å². The molecule has 98 valence electrons. The number of nitrogens with zero attached hydrogens (tertiary/aromatic N) is 3. The van der Waals surface area contributed by atoms with Crippen molar-refractivity contribution in [2.45, 2.75) is 0 Å². The van der Waals surface area contributed by atoms with Crippen LogP contribution in [0, 0.1) is 0 Å². The van der Waals surface area contributed by atoms with Gasteiger partial charge in [0.15, 0.2) is 0 Å². The smallest absolute Gasteiger partial charge is 0.109 e. The summed E-state index contributed by atoms with van der Waals surface area (Å²) in [7, 11) is 0. The van der Waals surface area contributed by atoms with Crippen LogP contribution in [0.2, 0.25) is 0 Å². The third kappa shape index (κ3) is 3.92. The maximum atomic E-state index is 5.53. The number of aliphatic imine (C=N–C) groups is 1. The number of nitrogens with two attached hydrogens (primary N) is 1. The number of rotatable bonds is 4. The Morgan fingerprint density at radius 2 is 1.53 bits per heavy atom. The number of hydrogen-bond acceptors (Lipinski definition) is 4. The largest absolute Gasteiger partial charge is 0.329 e. The molecule has 0 fully saturated rings. The highest BCUT2D eigenvalue weighted by Gasteiger charge is 2.10. The molecule has 0 aliphatic carbocycles. The summed E-state index contributed by atoms with van der Waals surface area (Å²) in [5.41, 5.74) is 7.81. The van der Waals surface area contributed by atoms with Crippen molar-refractivity contribution in [1.29, 1.82) is 0 Å². The van der Waals surface area contributed by atoms with Crippen LogP contribution in [0.5, 0.6) is 0 Å². The van der Waals surface area contributed by atoms with Gasteiger partial charge in [-0.1, -0.05) is 12.1 Å². The monoisotopic (exact) mass is 382 g/mol. The van der Waals surface area contributed by atoms with Crippen molar-refractivity contribution in [1.82, 2.24) is 9.97 Å². The predicted molar refractivity (Wildman–Crippen MR) is 83.4 cm³/mol. The molecule has 0 saturated carbocycles. The molecule has 0 atom stereocenters. The van der Waals surface area contributed by atoms with Crippen LogP contribution in [0.1, 0.15) is 11.4 Å². The molecule has 0 aliphatic rings. The SMILES string of the molecule is NCCN=C(c1cccc(Br)n1)c1cccc(Br)n1. The minimum atomic E-state index is 0.492. The van der Waals surface area contributed by atoms with Crippen molar-refractivity contribution in [3.8, 4) is 0 Å². The fourth-order valence-electron chi connectivity index (χ4n) is 1.55. The van der Waals surface area contributed by atoms with Gasteiger partial charge >= 0.3 is 0 Å². The Bertz CT molecular complexity index is 551. The van der Waals surface area contributed by atoms with E-state index in [0.29, 0.717) is 13.1 Å². The summed E-state index contributed by atoms with van der Waals surface area (Å²) < 4.78 is 1.53. The van der Waals surface area contributed by atoms with Crippen LogP contribution in [-0.2, 0) is 0 Å². The Morgan fingerprint density at radius 1 is 1.00 bits per heavy atom. The summed E-state index contributed by atoms with van der Waals surface area (Å²) in [6.45, 7) is 1.03. The molecule has 0 amide bonds. The number of halogens is 2. The molecule has 0 unspecified atom stereocenters. The second-order valence-corrected chi connectivity index (χ2v) is 5.34. The first-order valence-electron chi connectivity index (χ1n) is 5.71. The number of aromatic nitrogens is 2. The lowest BCUT2D eigenvalue weighted by Crippen LogP contribution is -2.12. The summed E-state index contributed by atoms with van der Waals surface area (Å²) >= 11 is 6.73. The molecule has 6 heteroatoms. The topological polar surface area (TPSA) is 64.2 Å². The fourth-order valence-corrected chi connectivity index (χ4v) is 2.24. The molecule has 0 radical (unpaired) electrons. The van der Waals surface area contributed by atoms with E-state index in [4.69, 9.17) is 5.73 Å². The average molecular weight is 384 g/mol. The zero-order chi connectivity index (χ0) is 13.7. The van der Waals surface area contributed by atoms with E-state index >= 15 is 0 Å². The van der Waals surface area contributed by atoms with Crippen molar-refractivity contribution in [2.75, 3.05) is 13.1 Å². The summed E-state index contributed by atoms with van der Waals surface area (Å²) in [6, 6.07) is 11.4. The van der Waals surface area contributed by atoms with Crippen LogP contribution in [0.25, 0.3) is 0 Å². The van der Waals surface area contributed by atoms with Crippen molar-refractivity contribution in [2.24, 2.45) is 10.7 Å². The Kier molecular flexibility index (Phi) is 5.18. The molecule has 2 aromatic rings. The maximum absolute atomic E-state index is 5.53. The lowest BCUT2D eigenvalue weighted by atomic mass is 10.1. The Morgan fingerprint density at radius 3 is 1.95 bits per heavy atom. The molecule has 0 bridgehead atoms. The first kappa shape index (κ1) is 14.3. The van der Waals surface area contributed by atoms with Gasteiger partial charge in [-0.2, -0.15) is 0 Å². The minimum Gasteiger partial charge on any atom is -0.329 e. The van der Waals surface area contributed by atoms with Crippen molar-refractivity contribution >= 4 is 37.6 Å². The van der Waals surface area contributed by atoms with Crippen LogP contribution in [0.3, 0.4) is 0 Å². The second kappa shape index (κ2) is 6.88. The highest BCUT2D eigenvalue weighted by Crippen LogP contribution is 2.13. The molecule has 0 aromatic carbocycles. The van der Waals surface area contributed by atoms with E-state index in [1.54, 1.807) is 0 Å². The third-order valence-corrected chi connectivity index (χ3v) is 3.20. The molecular weight excluding hydrogens is 372 g/mol. The number of pyridine rings is 2. The van der Waals surface area contributed by atoms with E-state index in [2.05, 4.69) is 46.8 Å². The first-order valence-corrected chi connectivity index (χ1v) is 7.29. The summed E-state index contributed by atoms with van der Waals surface area (Å²) in [6.07, 6.45) is 0. The molecule has 4 nitrogen and oxygen atoms in total. The van der Waals surface area contributed by atoms with Gasteiger partial charge in [0, 0.05) is 6.54 Å². The van der Waals surface area contributed by atoms with Gasteiger partial charge in [-0.25, -0.2) is 9.97 Å². The normalized spacial score (nSPS) is 10.3. The third-order valence-electron chi connectivity index (χ3n) is 2.31. The molecule has 2 N–H and O–H groups in total. The molecule has 2 aromatic heterocycles. The quantitative estimate of drug-likeness (QED) is 0.652. The molecule has 2 rings (SSSR count). The van der Waals surface area contributed by atoms with Gasteiger partial charge in [0.2, 0.25) is 0 Å². The van der Waals surface area contributed by atoms with Crippen LogP contribution < -0.4 is 5.73 Å². The zero-order valence-electron chi connectivity index (χ0n) is 10.1. The van der Waals surface area contributed by atoms with Gasteiger partial charge in [-0.05, 0) is 56.1 Å². The van der Waals surface area contributed by atoms with E-state index in [0.717, 1.165) is 26.3 Å². The van der Waals surface area contributed by atoms with Crippen LogP contribution in [0.4, 0.5) is 0 Å². The summed E-state index contributed by atoms with van der Waals surface area (Å²) in [5, 5.41) is 0. The fraction of sp³-hybridized carbons (Fsp3) is 0.154. The van der Waals surface area contributed by atoms with Crippen LogP contribution in [0.15, 0.2) is 50.6 Å². The van der Waals surface area contributed by atoms with Gasteiger partial charge in [0.1, 0.15) is 14.9 Å². The second-order valence-electron chi connectivity index (χ2n) is 3.71. The lowest BCUT2D eigenvalue weighted by Gasteiger charge is -2.06. The van der Waals surface area contributed by atoms with E-state index in [1.807, 2.05) is 36.4 Å². The van der Waals surface area contributed by atoms with Gasteiger partial charge in [-0.3, -0.25) is 4.99 Å². The molecule has 19 heavy (non-hydrogen) atoms. The Hall–Kier alpha value is -1.11. The van der Waals surface area contributed by atoms with Crippen molar-refractivity contribution in [3.63, 3.8) is 0 Å². The maximum Gasteiger partial charge on any atom is 0.109 e. The van der Waals surface area contributed by atoms with Gasteiger partial charge in [-0.15, -0.1) is 0 Å². The summed E-state index contributed by atoms with van der Waals surface area (Å²) in [5.74, 6) is 0. The van der Waals surface area contributed by atoms with E-state index in [9.17, 15) is 0 Å². The van der Waals surface area contributed by atoms with Gasteiger partial charge in [0.05, 0.1) is 17.9 Å². The number of hydrogen-bond donors (Lipinski definition) is 1. The average Bonchev–Trinajstić information content (AvgIpc) is 2.39. The van der Waals surface area contributed by atoms with Gasteiger partial charge < -0.3 is 5.73 Å². The predicted octanol–water partition coefficient (Wildman–Crippen LogP) is 2.80. The molecule has 2 heterocycles. The first-order chi connectivity index (χ1) is 9.20. The van der Waals surface area contributed by atoms with Crippen LogP contribution >= 0.6 is 31.9 Å². The van der Waals surface area contributed by atoms with E-state index in [-0.39, 0.29) is 0 Å². The highest BCUT2D eigenvalue weighted by molar-refractivity contribution is 9.10. The summed E-state index contributed by atoms with van der Waals surface area (Å²) in [4.78, 5) is 13.3. The molecular formula is C13H12Br2N4. The van der Waals surface area contributed by atoms with Crippen molar-refractivity contribution < 1.29 is 0 Å². The zero-order valence-corrected chi connectivity index (χ0v) is 13.2. The molecule has 0 spiro atoms. The lowest BCUT2D eigenvalue weighted by molar-refractivity contribution is 0.971. The van der Waals surface area contributed by atoms with Crippen LogP contribution in [-0.4, -0.2) is 28.8 Å². The standard InChI is InChI=1S/C13H12Br2N4/c14-11-5-1-3-9(18-11)13(17-8-7-16)10-4-2-6-12(15)19-10/h1-6H,7-8,16H2. The Labute approximate surface area is 128 Å². The van der Waals surface area contributed by atoms with E-state index in [1.165, 1.54) is 0 Å². The van der Waals surface area contributed by atoms with Gasteiger partial charge in [0.25, 0.3) is 0 Å². The Balaban J connectivity index is 2.48. The van der Waals surface area contributed by atoms with E-state index < -0.39 is 0 Å². The molecule has 0 aliphatic heterocycles.